The highest BCUT2D eigenvalue weighted by atomic mass is 32.1. The Morgan fingerprint density at radius 3 is 2.95 bits per heavy atom. The van der Waals surface area contributed by atoms with Crippen molar-refractivity contribution in [3.05, 3.63) is 27.8 Å². The number of rotatable bonds is 6. The number of fused-ring (bicyclic) bond motifs is 1. The van der Waals surface area contributed by atoms with Crippen molar-refractivity contribution in [1.82, 2.24) is 10.3 Å². The van der Waals surface area contributed by atoms with Gasteiger partial charge in [-0.25, -0.2) is 4.98 Å². The molecule has 0 aliphatic carbocycles. The number of anilines is 1. The molecule has 1 unspecified atom stereocenters. The van der Waals surface area contributed by atoms with Crippen molar-refractivity contribution in [2.45, 2.75) is 6.92 Å². The monoisotopic (exact) mass is 280 g/mol. The van der Waals surface area contributed by atoms with Crippen LogP contribution in [0.2, 0.25) is 0 Å². The zero-order valence-electron chi connectivity index (χ0n) is 10.8. The fraction of sp³-hybridized carbons (Fsp3) is 0.417. The summed E-state index contributed by atoms with van der Waals surface area (Å²) < 4.78 is 0.834. The van der Waals surface area contributed by atoms with Gasteiger partial charge in [0.05, 0.1) is 15.1 Å². The normalized spacial score (nSPS) is 12.5. The van der Waals surface area contributed by atoms with Gasteiger partial charge < -0.3 is 10.6 Å². The molecule has 0 amide bonds. The molecule has 7 heteroatoms. The number of aromatic nitrogens is 1. The summed E-state index contributed by atoms with van der Waals surface area (Å²) in [5.74, 6) is 0.385. The smallest absolute Gasteiger partial charge is 0.319 e. The summed E-state index contributed by atoms with van der Waals surface area (Å²) in [6.45, 7) is 3.62. The van der Waals surface area contributed by atoms with E-state index in [2.05, 4.69) is 22.5 Å². The van der Waals surface area contributed by atoms with E-state index in [-0.39, 0.29) is 10.6 Å². The lowest BCUT2D eigenvalue weighted by Gasteiger charge is -2.13. The molecule has 0 spiro atoms. The van der Waals surface area contributed by atoms with Crippen LogP contribution in [-0.4, -0.2) is 30.0 Å². The zero-order chi connectivity index (χ0) is 13.8. The molecular formula is C12H16N4O2S. The molecule has 0 saturated heterocycles. The average molecular weight is 280 g/mol. The lowest BCUT2D eigenvalue weighted by Crippen LogP contribution is -2.23. The number of hydrogen-bond donors (Lipinski definition) is 2. The summed E-state index contributed by atoms with van der Waals surface area (Å²) in [7, 11) is 1.89. The van der Waals surface area contributed by atoms with Crippen LogP contribution in [0.15, 0.2) is 17.6 Å². The molecule has 1 heterocycles. The summed E-state index contributed by atoms with van der Waals surface area (Å²) in [6, 6.07) is 3.62. The van der Waals surface area contributed by atoms with E-state index in [1.54, 1.807) is 11.6 Å². The van der Waals surface area contributed by atoms with Gasteiger partial charge in [-0.05, 0) is 31.6 Å². The quantitative estimate of drug-likeness (QED) is 0.627. The molecular weight excluding hydrogens is 264 g/mol. The van der Waals surface area contributed by atoms with Gasteiger partial charge in [-0.1, -0.05) is 6.92 Å². The van der Waals surface area contributed by atoms with Gasteiger partial charge in [0.15, 0.2) is 5.52 Å². The van der Waals surface area contributed by atoms with Crippen molar-refractivity contribution in [3.8, 4) is 0 Å². The van der Waals surface area contributed by atoms with E-state index in [9.17, 15) is 10.1 Å². The first-order valence-electron chi connectivity index (χ1n) is 6.02. The van der Waals surface area contributed by atoms with Crippen LogP contribution in [0, 0.1) is 16.0 Å². The second kappa shape index (κ2) is 5.94. The molecule has 0 aliphatic heterocycles. The standard InChI is InChI=1S/C12H16N4O2S/c1-8(5-13-2)6-14-9-3-4-10-11(15-7-19-10)12(9)16(17)18/h3-4,7-8,13-14H,5-6H2,1-2H3. The number of benzene rings is 1. The average Bonchev–Trinajstić information content (AvgIpc) is 2.83. The molecule has 2 rings (SSSR count). The molecule has 1 aromatic heterocycles. The molecule has 0 saturated carbocycles. The minimum Gasteiger partial charge on any atom is -0.379 e. The van der Waals surface area contributed by atoms with Crippen LogP contribution in [0.25, 0.3) is 10.2 Å². The third kappa shape index (κ3) is 2.99. The van der Waals surface area contributed by atoms with Gasteiger partial charge >= 0.3 is 5.69 Å². The third-order valence-corrected chi connectivity index (χ3v) is 3.65. The van der Waals surface area contributed by atoms with Crippen molar-refractivity contribution >= 4 is 32.9 Å². The van der Waals surface area contributed by atoms with Gasteiger partial charge in [0, 0.05) is 6.54 Å². The van der Waals surface area contributed by atoms with E-state index >= 15 is 0 Å². The molecule has 1 aromatic carbocycles. The van der Waals surface area contributed by atoms with Gasteiger partial charge in [0.25, 0.3) is 0 Å². The highest BCUT2D eigenvalue weighted by molar-refractivity contribution is 7.16. The Bertz CT molecular complexity index is 584. The summed E-state index contributed by atoms with van der Waals surface area (Å²) in [4.78, 5) is 14.9. The molecule has 0 radical (unpaired) electrons. The van der Waals surface area contributed by atoms with Gasteiger partial charge in [0.1, 0.15) is 5.69 Å². The summed E-state index contributed by atoms with van der Waals surface area (Å²) >= 11 is 1.41. The van der Waals surface area contributed by atoms with Crippen LogP contribution in [0.1, 0.15) is 6.92 Å². The van der Waals surface area contributed by atoms with E-state index in [0.717, 1.165) is 11.2 Å². The van der Waals surface area contributed by atoms with Gasteiger partial charge in [0.2, 0.25) is 0 Å². The summed E-state index contributed by atoms with van der Waals surface area (Å²) in [5.41, 5.74) is 2.69. The van der Waals surface area contributed by atoms with Crippen molar-refractivity contribution in [2.24, 2.45) is 5.92 Å². The summed E-state index contributed by atoms with van der Waals surface area (Å²) in [6.07, 6.45) is 0. The maximum absolute atomic E-state index is 11.2. The maximum Gasteiger partial charge on any atom is 0.319 e. The number of thiazole rings is 1. The second-order valence-electron chi connectivity index (χ2n) is 4.46. The largest absolute Gasteiger partial charge is 0.379 e. The van der Waals surface area contributed by atoms with Crippen molar-refractivity contribution < 1.29 is 4.92 Å². The fourth-order valence-corrected chi connectivity index (χ4v) is 2.63. The molecule has 102 valence electrons. The van der Waals surface area contributed by atoms with Crippen LogP contribution >= 0.6 is 11.3 Å². The molecule has 1 atom stereocenters. The number of nitrogens with zero attached hydrogens (tertiary/aromatic N) is 2. The van der Waals surface area contributed by atoms with Crippen molar-refractivity contribution in [1.29, 1.82) is 0 Å². The van der Waals surface area contributed by atoms with Crippen molar-refractivity contribution in [3.63, 3.8) is 0 Å². The minimum absolute atomic E-state index is 0.0652. The SMILES string of the molecule is CNCC(C)CNc1ccc2scnc2c1[N+](=O)[O-]. The predicted molar refractivity (Wildman–Crippen MR) is 77.9 cm³/mol. The highest BCUT2D eigenvalue weighted by Crippen LogP contribution is 2.34. The number of nitrogens with one attached hydrogen (secondary N) is 2. The van der Waals surface area contributed by atoms with E-state index < -0.39 is 0 Å². The topological polar surface area (TPSA) is 80.1 Å². The van der Waals surface area contributed by atoms with E-state index in [1.807, 2.05) is 13.1 Å². The predicted octanol–water partition coefficient (Wildman–Crippen LogP) is 2.47. The Labute approximate surface area is 115 Å². The first-order valence-corrected chi connectivity index (χ1v) is 6.90. The van der Waals surface area contributed by atoms with Crippen LogP contribution in [0.3, 0.4) is 0 Å². The highest BCUT2D eigenvalue weighted by Gasteiger charge is 2.20. The van der Waals surface area contributed by atoms with Crippen LogP contribution in [-0.2, 0) is 0 Å². The summed E-state index contributed by atoms with van der Waals surface area (Å²) in [5, 5.41) is 17.4. The fourth-order valence-electron chi connectivity index (χ4n) is 1.95. The maximum atomic E-state index is 11.2. The molecule has 0 bridgehead atoms. The Balaban J connectivity index is 2.27. The Kier molecular flexibility index (Phi) is 4.28. The lowest BCUT2D eigenvalue weighted by molar-refractivity contribution is -0.382. The third-order valence-electron chi connectivity index (χ3n) is 2.85. The number of hydrogen-bond acceptors (Lipinski definition) is 6. The first-order chi connectivity index (χ1) is 9.13. The van der Waals surface area contributed by atoms with E-state index in [0.29, 0.717) is 23.7 Å². The molecule has 2 N–H and O–H groups in total. The Hall–Kier alpha value is -1.73. The molecule has 19 heavy (non-hydrogen) atoms. The van der Waals surface area contributed by atoms with Gasteiger partial charge in [-0.2, -0.15) is 0 Å². The van der Waals surface area contributed by atoms with Crippen molar-refractivity contribution in [2.75, 3.05) is 25.5 Å². The first kappa shape index (κ1) is 13.7. The molecule has 6 nitrogen and oxygen atoms in total. The van der Waals surface area contributed by atoms with E-state index in [1.165, 1.54) is 11.3 Å². The Morgan fingerprint density at radius 2 is 2.26 bits per heavy atom. The second-order valence-corrected chi connectivity index (χ2v) is 5.35. The van der Waals surface area contributed by atoms with E-state index in [4.69, 9.17) is 0 Å². The van der Waals surface area contributed by atoms with Gasteiger partial charge in [-0.15, -0.1) is 11.3 Å². The van der Waals surface area contributed by atoms with Crippen LogP contribution in [0.5, 0.6) is 0 Å². The van der Waals surface area contributed by atoms with Crippen LogP contribution < -0.4 is 10.6 Å². The zero-order valence-corrected chi connectivity index (χ0v) is 11.7. The molecule has 0 aliphatic rings. The minimum atomic E-state index is -0.368. The number of nitro benzene ring substituents is 1. The van der Waals surface area contributed by atoms with Gasteiger partial charge in [-0.3, -0.25) is 10.1 Å². The molecule has 0 fully saturated rings. The number of nitro groups is 1. The Morgan fingerprint density at radius 1 is 1.47 bits per heavy atom. The van der Waals surface area contributed by atoms with Crippen LogP contribution in [0.4, 0.5) is 11.4 Å². The molecule has 2 aromatic rings. The lowest BCUT2D eigenvalue weighted by atomic mass is 10.1.